The Bertz CT molecular complexity index is 499. The molecule has 3 rings (SSSR count). The summed E-state index contributed by atoms with van der Waals surface area (Å²) in [6, 6.07) is 0. The second-order valence-corrected chi connectivity index (χ2v) is 7.02. The van der Waals surface area contributed by atoms with E-state index in [0.29, 0.717) is 6.54 Å². The van der Waals surface area contributed by atoms with Gasteiger partial charge in [-0.05, 0) is 25.7 Å². The van der Waals surface area contributed by atoms with Crippen molar-refractivity contribution in [3.05, 3.63) is 11.1 Å². The zero-order valence-electron chi connectivity index (χ0n) is 13.3. The third-order valence-electron chi connectivity index (χ3n) is 4.53. The van der Waals surface area contributed by atoms with Crippen LogP contribution in [0, 0.1) is 0 Å². The molecule has 2 fully saturated rings. The largest absolute Gasteiger partial charge is 0.354 e. The predicted octanol–water partition coefficient (Wildman–Crippen LogP) is 2.52. The van der Waals surface area contributed by atoms with E-state index < -0.39 is 5.54 Å². The molecule has 23 heavy (non-hydrogen) atoms. The first kappa shape index (κ1) is 20.5. The zero-order valence-corrected chi connectivity index (χ0v) is 15.7. The summed E-state index contributed by atoms with van der Waals surface area (Å²) in [6.07, 6.45) is 7.08. The van der Waals surface area contributed by atoms with Crippen LogP contribution >= 0.6 is 36.2 Å². The maximum absolute atomic E-state index is 12.1. The smallest absolute Gasteiger partial charge is 0.240 e. The number of nitrogens with one attached hydrogen (secondary N) is 1. The highest BCUT2D eigenvalue weighted by Crippen LogP contribution is 2.27. The molecule has 1 saturated heterocycles. The topological polar surface area (TPSA) is 71.2 Å². The number of aromatic nitrogens is 1. The Labute approximate surface area is 154 Å². The van der Waals surface area contributed by atoms with Gasteiger partial charge in [0, 0.05) is 31.4 Å². The molecule has 0 bridgehead atoms. The maximum Gasteiger partial charge on any atom is 0.240 e. The van der Waals surface area contributed by atoms with Gasteiger partial charge in [0.25, 0.3) is 0 Å². The van der Waals surface area contributed by atoms with Gasteiger partial charge in [0.05, 0.1) is 11.2 Å². The maximum atomic E-state index is 12.1. The lowest BCUT2D eigenvalue weighted by Crippen LogP contribution is -2.52. The lowest BCUT2D eigenvalue weighted by Gasteiger charge is -2.22. The Morgan fingerprint density at radius 2 is 1.91 bits per heavy atom. The molecule has 1 aliphatic carbocycles. The Morgan fingerprint density at radius 1 is 1.26 bits per heavy atom. The Hall–Kier alpha value is -0.560. The summed E-state index contributed by atoms with van der Waals surface area (Å²) in [5.74, 6) is 0.00926. The third kappa shape index (κ3) is 4.95. The fourth-order valence-electron chi connectivity index (χ4n) is 3.18. The molecule has 1 amide bonds. The first-order valence-corrected chi connectivity index (χ1v) is 8.82. The summed E-state index contributed by atoms with van der Waals surface area (Å²) in [6.45, 7) is 2.87. The van der Waals surface area contributed by atoms with Crippen molar-refractivity contribution in [2.45, 2.75) is 50.5 Å². The summed E-state index contributed by atoms with van der Waals surface area (Å²) >= 11 is 1.71. The van der Waals surface area contributed by atoms with Crippen LogP contribution in [0.2, 0.25) is 0 Å². The number of halogens is 2. The average Bonchev–Trinajstić information content (AvgIpc) is 3.19. The van der Waals surface area contributed by atoms with Gasteiger partial charge in [-0.25, -0.2) is 4.98 Å². The molecule has 0 aromatic carbocycles. The first-order valence-electron chi connectivity index (χ1n) is 7.94. The van der Waals surface area contributed by atoms with Crippen LogP contribution in [0.5, 0.6) is 0 Å². The lowest BCUT2D eigenvalue weighted by molar-refractivity contribution is -0.126. The van der Waals surface area contributed by atoms with E-state index in [1.165, 1.54) is 12.8 Å². The van der Waals surface area contributed by atoms with E-state index in [-0.39, 0.29) is 30.7 Å². The number of anilines is 1. The van der Waals surface area contributed by atoms with E-state index in [1.807, 2.05) is 0 Å². The molecular formula is C15H26Cl2N4OS. The average molecular weight is 381 g/mol. The Kier molecular flexibility index (Phi) is 8.07. The minimum Gasteiger partial charge on any atom is -0.354 e. The number of amides is 1. The monoisotopic (exact) mass is 380 g/mol. The summed E-state index contributed by atoms with van der Waals surface area (Å²) in [5, 5.41) is 6.21. The second-order valence-electron chi connectivity index (χ2n) is 6.18. The van der Waals surface area contributed by atoms with Gasteiger partial charge in [0.1, 0.15) is 0 Å². The third-order valence-corrected chi connectivity index (χ3v) is 5.48. The summed E-state index contributed by atoms with van der Waals surface area (Å²) < 4.78 is 0. The molecule has 2 heterocycles. The number of hydrogen-bond donors (Lipinski definition) is 2. The number of hydrogen-bond acceptors (Lipinski definition) is 5. The predicted molar refractivity (Wildman–Crippen MR) is 100 cm³/mol. The summed E-state index contributed by atoms with van der Waals surface area (Å²) in [7, 11) is 0. The van der Waals surface area contributed by atoms with Crippen molar-refractivity contribution >= 4 is 47.2 Å². The minimum absolute atomic E-state index is 0. The van der Waals surface area contributed by atoms with Crippen LogP contribution in [-0.4, -0.2) is 36.1 Å². The van der Waals surface area contributed by atoms with E-state index in [4.69, 9.17) is 5.73 Å². The Balaban J connectivity index is 0.00000132. The van der Waals surface area contributed by atoms with Crippen LogP contribution in [-0.2, 0) is 11.2 Å². The van der Waals surface area contributed by atoms with Gasteiger partial charge in [0.15, 0.2) is 5.13 Å². The molecule has 1 aromatic heterocycles. The van der Waals surface area contributed by atoms with Gasteiger partial charge in [-0.1, -0.05) is 12.8 Å². The van der Waals surface area contributed by atoms with Crippen molar-refractivity contribution in [1.29, 1.82) is 0 Å². The molecule has 1 saturated carbocycles. The van der Waals surface area contributed by atoms with Crippen molar-refractivity contribution in [2.24, 2.45) is 5.73 Å². The molecule has 2 aliphatic rings. The quantitative estimate of drug-likeness (QED) is 0.822. The van der Waals surface area contributed by atoms with E-state index in [1.54, 1.807) is 11.3 Å². The van der Waals surface area contributed by atoms with Gasteiger partial charge >= 0.3 is 0 Å². The van der Waals surface area contributed by atoms with Crippen LogP contribution in [0.3, 0.4) is 0 Å². The molecule has 1 aromatic rings. The van der Waals surface area contributed by atoms with Gasteiger partial charge < -0.3 is 16.0 Å². The highest BCUT2D eigenvalue weighted by atomic mass is 35.5. The molecule has 1 aliphatic heterocycles. The van der Waals surface area contributed by atoms with E-state index >= 15 is 0 Å². The van der Waals surface area contributed by atoms with E-state index in [0.717, 1.165) is 56.0 Å². The SMILES string of the molecule is Cl.Cl.NC1(C(=O)NCCc2csc(N3CCCC3)n2)CCCC1. The molecule has 0 spiro atoms. The van der Waals surface area contributed by atoms with Crippen LogP contribution in [0.15, 0.2) is 5.38 Å². The number of nitrogens with two attached hydrogens (primary N) is 1. The summed E-state index contributed by atoms with van der Waals surface area (Å²) in [5.41, 5.74) is 6.58. The molecule has 0 radical (unpaired) electrons. The van der Waals surface area contributed by atoms with Gasteiger partial charge in [-0.15, -0.1) is 36.2 Å². The molecule has 8 heteroatoms. The van der Waals surface area contributed by atoms with Gasteiger partial charge in [-0.2, -0.15) is 0 Å². The molecule has 5 nitrogen and oxygen atoms in total. The first-order chi connectivity index (χ1) is 10.2. The number of thiazole rings is 1. The number of nitrogens with zero attached hydrogens (tertiary/aromatic N) is 2. The highest BCUT2D eigenvalue weighted by molar-refractivity contribution is 7.13. The molecule has 0 unspecified atom stereocenters. The van der Waals surface area contributed by atoms with Crippen LogP contribution in [0.25, 0.3) is 0 Å². The zero-order chi connectivity index (χ0) is 14.7. The van der Waals surface area contributed by atoms with E-state index in [2.05, 4.69) is 20.6 Å². The van der Waals surface area contributed by atoms with Crippen LogP contribution in [0.4, 0.5) is 5.13 Å². The van der Waals surface area contributed by atoms with Crippen molar-refractivity contribution in [2.75, 3.05) is 24.5 Å². The van der Waals surface area contributed by atoms with E-state index in [9.17, 15) is 4.79 Å². The normalized spacial score (nSPS) is 19.1. The number of carbonyl (C=O) groups is 1. The Morgan fingerprint density at radius 3 is 2.57 bits per heavy atom. The molecular weight excluding hydrogens is 355 g/mol. The standard InChI is InChI=1S/C15H24N4OS.2ClH/c16-15(6-1-2-7-15)13(20)17-8-5-12-11-21-14(18-12)19-9-3-4-10-19;;/h11H,1-10,16H2,(H,17,20);2*1H. The van der Waals surface area contributed by atoms with Gasteiger partial charge in [-0.3, -0.25) is 4.79 Å². The second kappa shape index (κ2) is 9.06. The fraction of sp³-hybridized carbons (Fsp3) is 0.733. The van der Waals surface area contributed by atoms with Crippen molar-refractivity contribution in [3.8, 4) is 0 Å². The highest BCUT2D eigenvalue weighted by Gasteiger charge is 2.36. The summed E-state index contributed by atoms with van der Waals surface area (Å²) in [4.78, 5) is 19.1. The molecule has 3 N–H and O–H groups in total. The lowest BCUT2D eigenvalue weighted by atomic mass is 9.98. The van der Waals surface area contributed by atoms with Gasteiger partial charge in [0.2, 0.25) is 5.91 Å². The van der Waals surface area contributed by atoms with Crippen molar-refractivity contribution in [3.63, 3.8) is 0 Å². The van der Waals surface area contributed by atoms with Crippen molar-refractivity contribution < 1.29 is 4.79 Å². The van der Waals surface area contributed by atoms with Crippen LogP contribution < -0.4 is 16.0 Å². The fourth-order valence-corrected chi connectivity index (χ4v) is 4.09. The number of rotatable bonds is 5. The number of carbonyl (C=O) groups excluding carboxylic acids is 1. The van der Waals surface area contributed by atoms with Crippen LogP contribution in [0.1, 0.15) is 44.2 Å². The molecule has 0 atom stereocenters. The minimum atomic E-state index is -0.622. The molecule has 132 valence electrons. The van der Waals surface area contributed by atoms with Crippen molar-refractivity contribution in [1.82, 2.24) is 10.3 Å².